The molecular formula is C121H180Cl2F16O7. The van der Waals surface area contributed by atoms with Gasteiger partial charge < -0.3 is 23.7 Å². The molecule has 25 heteroatoms. The average molecular weight is 2120 g/mol. The minimum absolute atomic E-state index is 0. The number of hydrogen-bond donors (Lipinski definition) is 0. The highest BCUT2D eigenvalue weighted by atomic mass is 35.5. The predicted octanol–water partition coefficient (Wildman–Crippen LogP) is 40.7. The molecule has 9 saturated carbocycles. The van der Waals surface area contributed by atoms with Gasteiger partial charge in [0, 0.05) is 30.2 Å². The van der Waals surface area contributed by atoms with Gasteiger partial charge in [0.15, 0.2) is 81.2 Å². The zero-order valence-electron chi connectivity index (χ0n) is 86.9. The van der Waals surface area contributed by atoms with Crippen molar-refractivity contribution in [1.82, 2.24) is 0 Å². The normalized spacial score (nSPS) is 25.7. The fraction of sp³-hybridized carbons (Fsp3) is 0.612. The summed E-state index contributed by atoms with van der Waals surface area (Å²) in [5.74, 6) is -3.33. The van der Waals surface area contributed by atoms with Crippen LogP contribution < -0.4 is 18.9 Å². The molecule has 0 heterocycles. The molecule has 9 fully saturated rings. The Balaban J connectivity index is -0.00000172. The maximum atomic E-state index is 14.1. The first-order valence-corrected chi connectivity index (χ1v) is 53.6. The molecule has 0 aliphatic heterocycles. The number of rotatable bonds is 20. The van der Waals surface area contributed by atoms with Gasteiger partial charge >= 0.3 is 12.2 Å². The third kappa shape index (κ3) is 36.1. The van der Waals surface area contributed by atoms with Gasteiger partial charge in [0.2, 0.25) is 11.6 Å². The minimum atomic E-state index is -3.36. The number of Topliss-reactive ketones (excluding diaryl/α,β-unsaturated/α-hetero) is 2. The summed E-state index contributed by atoms with van der Waals surface area (Å²) in [4.78, 5) is 32.4. The lowest BCUT2D eigenvalue weighted by molar-refractivity contribution is -0.224. The third-order valence-electron chi connectivity index (χ3n) is 32.4. The zero-order valence-corrected chi connectivity index (χ0v) is 88.4. The Morgan fingerprint density at radius 1 is 0.301 bits per heavy atom. The lowest BCUT2D eigenvalue weighted by Gasteiger charge is -2.37. The highest BCUT2D eigenvalue weighted by Crippen LogP contribution is 2.48. The maximum absolute atomic E-state index is 14.1. The largest absolute Gasteiger partial charge is 0.490 e. The average Bonchev–Trinajstić information content (AvgIpc) is 0.848. The van der Waals surface area contributed by atoms with Crippen LogP contribution in [0.1, 0.15) is 373 Å². The van der Waals surface area contributed by atoms with Crippen LogP contribution in [0.15, 0.2) is 91.0 Å². The van der Waals surface area contributed by atoms with Gasteiger partial charge in [0.05, 0.1) is 41.2 Å². The molecule has 9 aliphatic carbocycles. The summed E-state index contributed by atoms with van der Waals surface area (Å²) >= 11 is 11.4. The van der Waals surface area contributed by atoms with E-state index in [1.807, 2.05) is 12.9 Å². The molecule has 7 aromatic rings. The number of allylic oxidation sites excluding steroid dienone is 1. The van der Waals surface area contributed by atoms with E-state index in [0.717, 1.165) is 157 Å². The van der Waals surface area contributed by atoms with E-state index in [1.165, 1.54) is 159 Å². The van der Waals surface area contributed by atoms with E-state index < -0.39 is 99.6 Å². The van der Waals surface area contributed by atoms with Crippen molar-refractivity contribution in [2.75, 3.05) is 13.2 Å². The highest BCUT2D eigenvalue weighted by molar-refractivity contribution is 6.32. The highest BCUT2D eigenvalue weighted by Gasteiger charge is 2.46. The van der Waals surface area contributed by atoms with E-state index in [9.17, 15) is 79.8 Å². The smallest absolute Gasteiger partial charge is 0.400 e. The van der Waals surface area contributed by atoms with Crippen molar-refractivity contribution in [3.05, 3.63) is 226 Å². The van der Waals surface area contributed by atoms with Gasteiger partial charge in [-0.25, -0.2) is 43.9 Å². The second-order valence-electron chi connectivity index (χ2n) is 43.7. The monoisotopic (exact) mass is 2120 g/mol. The predicted molar refractivity (Wildman–Crippen MR) is 576 cm³/mol. The number of ether oxygens (including phenoxy) is 4. The molecule has 146 heavy (non-hydrogen) atoms. The molecule has 9 aliphatic rings. The van der Waals surface area contributed by atoms with Crippen molar-refractivity contribution in [3.8, 4) is 23.0 Å². The van der Waals surface area contributed by atoms with Crippen LogP contribution in [-0.2, 0) is 4.79 Å². The summed E-state index contributed by atoms with van der Waals surface area (Å²) in [7, 11) is 0. The Labute approximate surface area is 883 Å². The molecular weight excluding hydrogens is 1940 g/mol. The van der Waals surface area contributed by atoms with Gasteiger partial charge in [-0.1, -0.05) is 237 Å². The number of carbonyl (C=O) groups excluding carboxylic acids is 3. The summed E-state index contributed by atoms with van der Waals surface area (Å²) in [6.45, 7) is 29.3. The van der Waals surface area contributed by atoms with E-state index in [2.05, 4.69) is 53.2 Å². The zero-order chi connectivity index (χ0) is 106. The second kappa shape index (κ2) is 59.7. The lowest BCUT2D eigenvalue weighted by atomic mass is 9.69. The van der Waals surface area contributed by atoms with Crippen molar-refractivity contribution in [2.24, 2.45) is 107 Å². The van der Waals surface area contributed by atoms with Crippen LogP contribution in [0, 0.1) is 225 Å². The summed E-state index contributed by atoms with van der Waals surface area (Å²) in [6, 6.07) is 20.6. The molecule has 7 aromatic carbocycles. The van der Waals surface area contributed by atoms with Crippen LogP contribution in [0.3, 0.4) is 0 Å². The lowest BCUT2D eigenvalue weighted by Crippen LogP contribution is -2.37. The molecule has 832 valence electrons. The van der Waals surface area contributed by atoms with Gasteiger partial charge in [-0.2, -0.15) is 26.3 Å². The first-order chi connectivity index (χ1) is 68.3. The molecule has 16 rings (SSSR count). The summed E-state index contributed by atoms with van der Waals surface area (Å²) in [5.41, 5.74) is 2.46. The maximum Gasteiger partial charge on any atom is 0.400 e. The van der Waals surface area contributed by atoms with Gasteiger partial charge in [-0.3, -0.25) is 9.59 Å². The van der Waals surface area contributed by atoms with Crippen molar-refractivity contribution in [3.63, 3.8) is 0 Å². The molecule has 0 spiro atoms. The SMILES string of the molecule is C.C.C=O.Cc1ccc(C(=O)C2CCC(C)CC2)c(F)c1F.Cc1ccc(C(=O)C2CCC(C)CC2)c(F)c1F.Cc1ccc(C=CC2CCC(C)CC2)c(F)c1F.Cc1ccc(OC(F)(F)C2CCC(C)CC2)c(Cl)c1F.Cc1ccc(OC(F)(F)C2CCC(C)CC2)c(F)c1Cl.Cc1ccc(OCC2CCC(C3CCC(C)CC3)CC2)c(F)c1F.Cc1ccc(OCC2CCC(C3CCC(C)CC3)CC2)c(F)c1F.[HH].[HH].[HH].[HH].[HH].[HH].[HH].[HH].[HH]. The van der Waals surface area contributed by atoms with Crippen molar-refractivity contribution in [2.45, 2.75) is 355 Å². The number of carbonyl (C=O) groups is 3. The first-order valence-electron chi connectivity index (χ1n) is 52.9. The quantitative estimate of drug-likeness (QED) is 0.0555. The van der Waals surface area contributed by atoms with Crippen LogP contribution in [-0.4, -0.2) is 43.8 Å². The van der Waals surface area contributed by atoms with Crippen LogP contribution in [0.5, 0.6) is 23.0 Å². The van der Waals surface area contributed by atoms with Crippen LogP contribution in [0.2, 0.25) is 10.0 Å². The summed E-state index contributed by atoms with van der Waals surface area (Å²) < 4.78 is 241. The fourth-order valence-electron chi connectivity index (χ4n) is 21.8. The number of halogens is 18. The third-order valence-corrected chi connectivity index (χ3v) is 33.2. The molecule has 7 nitrogen and oxygen atoms in total. The number of aryl methyl sites for hydroxylation is 7. The number of ketones is 2. The van der Waals surface area contributed by atoms with E-state index in [0.29, 0.717) is 114 Å². The van der Waals surface area contributed by atoms with Gasteiger partial charge in [-0.05, 0) is 348 Å². The number of alkyl halides is 4. The van der Waals surface area contributed by atoms with E-state index in [1.54, 1.807) is 70.2 Å². The summed E-state index contributed by atoms with van der Waals surface area (Å²) in [5, 5.41) is -0.551. The van der Waals surface area contributed by atoms with Crippen molar-refractivity contribution < 1.29 is 116 Å². The standard InChI is InChI=1S/2C21H30F2O.C16H20F2.2C15H18ClF3O.2C15H18F2O.CH2O.2CH4.9H2/c2*1-14-3-8-17(9-4-14)18-10-6-16(7-11-18)13-24-19-12-5-15(2)20(22)21(19)23;1-11-3-6-13(7-4-11)8-10-14-9-5-12(2)15(17)16(14)18;1-9-3-6-11(7-4-9)15(18,19)20-12-8-5-10(2)14(17)13(12)16;1-9-3-6-11(7-4-9)15(18,19)20-12-8-5-10(2)13(16)14(12)17;2*1-9-3-6-11(7-4-9)15(18)12-8-5-10(2)13(16)14(12)17;1-2;;;;;;;;;;;/h2*5,12,14,16-18H,3-4,6-11,13H2,1-2H3;5,8-11,13H,3-4,6-7H2,1-2H3;2*5,8-9,11H,3-4,6-7H2,1-2H3;2*5,8-9,11H,3-4,6-7H2,1-2H3;1H2;2*1H4;9*1H. The molecule has 0 N–H and O–H groups in total. The minimum Gasteiger partial charge on any atom is -0.490 e. The summed E-state index contributed by atoms with van der Waals surface area (Å²) in [6.07, 6.45) is 34.6. The molecule has 0 radical (unpaired) electrons. The molecule has 0 aromatic heterocycles. The number of benzene rings is 7. The van der Waals surface area contributed by atoms with E-state index in [4.69, 9.17) is 42.2 Å². The molecule has 0 saturated heterocycles. The fourth-order valence-corrected chi connectivity index (χ4v) is 22.2. The molecule has 0 atom stereocenters. The van der Waals surface area contributed by atoms with Crippen LogP contribution in [0.25, 0.3) is 6.08 Å². The Kier molecular flexibility index (Phi) is 51.0. The van der Waals surface area contributed by atoms with Gasteiger partial charge in [0.1, 0.15) is 23.4 Å². The van der Waals surface area contributed by atoms with Gasteiger partial charge in [-0.15, -0.1) is 0 Å². The van der Waals surface area contributed by atoms with Crippen LogP contribution >= 0.6 is 23.2 Å². The van der Waals surface area contributed by atoms with Crippen LogP contribution in [0.4, 0.5) is 70.2 Å². The van der Waals surface area contributed by atoms with E-state index in [-0.39, 0.29) is 101 Å². The van der Waals surface area contributed by atoms with Crippen molar-refractivity contribution in [1.29, 1.82) is 0 Å². The molecule has 0 unspecified atom stereocenters. The molecule has 0 bridgehead atoms. The van der Waals surface area contributed by atoms with Crippen molar-refractivity contribution >= 4 is 47.6 Å². The second-order valence-corrected chi connectivity index (χ2v) is 44.5. The Morgan fingerprint density at radius 2 is 0.562 bits per heavy atom. The Bertz CT molecular complexity index is 5000. The topological polar surface area (TPSA) is 88.1 Å². The Morgan fingerprint density at radius 3 is 0.911 bits per heavy atom. The van der Waals surface area contributed by atoms with E-state index >= 15 is 0 Å². The molecule has 0 amide bonds. The van der Waals surface area contributed by atoms with Gasteiger partial charge in [0.25, 0.3) is 0 Å². The number of hydrogen-bond acceptors (Lipinski definition) is 7. The Hall–Kier alpha value is -8.05. The first kappa shape index (κ1) is 125.